The van der Waals surface area contributed by atoms with Crippen LogP contribution in [0.4, 0.5) is 5.82 Å². The Labute approximate surface area is 173 Å². The summed E-state index contributed by atoms with van der Waals surface area (Å²) in [6.45, 7) is 6.83. The Kier molecular flexibility index (Phi) is 6.11. The van der Waals surface area contributed by atoms with Crippen LogP contribution in [0.15, 0.2) is 48.7 Å². The number of aromatic nitrogens is 1. The molecule has 3 unspecified atom stereocenters. The molecule has 3 N–H and O–H groups in total. The van der Waals surface area contributed by atoms with Gasteiger partial charge in [-0.3, -0.25) is 15.6 Å². The molecule has 0 aliphatic carbocycles. The summed E-state index contributed by atoms with van der Waals surface area (Å²) in [5.74, 6) is 1.85. The van der Waals surface area contributed by atoms with Gasteiger partial charge in [0.1, 0.15) is 5.82 Å². The zero-order valence-corrected chi connectivity index (χ0v) is 17.3. The van der Waals surface area contributed by atoms with E-state index in [-0.39, 0.29) is 11.9 Å². The van der Waals surface area contributed by atoms with E-state index in [2.05, 4.69) is 56.4 Å². The monoisotopic (exact) mass is 393 g/mol. The lowest BCUT2D eigenvalue weighted by Crippen LogP contribution is -2.46. The number of hydrogen-bond acceptors (Lipinski definition) is 5. The van der Waals surface area contributed by atoms with E-state index < -0.39 is 0 Å². The van der Waals surface area contributed by atoms with Crippen LogP contribution in [0.25, 0.3) is 0 Å². The Morgan fingerprint density at radius 2 is 2.07 bits per heavy atom. The molecule has 0 spiro atoms. The van der Waals surface area contributed by atoms with Crippen LogP contribution in [0, 0.1) is 5.92 Å². The first-order valence-corrected chi connectivity index (χ1v) is 10.7. The molecule has 2 aliphatic rings. The number of hydrazine groups is 1. The van der Waals surface area contributed by atoms with Crippen molar-refractivity contribution in [3.05, 3.63) is 59.8 Å². The summed E-state index contributed by atoms with van der Waals surface area (Å²) in [5.41, 5.74) is 8.98. The van der Waals surface area contributed by atoms with E-state index in [0.717, 1.165) is 31.9 Å². The van der Waals surface area contributed by atoms with Crippen LogP contribution in [0.2, 0.25) is 0 Å². The van der Waals surface area contributed by atoms with Gasteiger partial charge in [-0.25, -0.2) is 4.98 Å². The molecule has 3 heterocycles. The summed E-state index contributed by atoms with van der Waals surface area (Å²) in [6, 6.07) is 15.0. The molecule has 6 heteroatoms. The molecule has 154 valence electrons. The highest BCUT2D eigenvalue weighted by Gasteiger charge is 2.36. The lowest BCUT2D eigenvalue weighted by Gasteiger charge is -2.38. The first-order chi connectivity index (χ1) is 14.1. The number of piperidine rings is 1. The van der Waals surface area contributed by atoms with E-state index >= 15 is 0 Å². The summed E-state index contributed by atoms with van der Waals surface area (Å²) < 4.78 is 0. The number of hydrogen-bond donors (Lipinski definition) is 3. The Morgan fingerprint density at radius 1 is 1.24 bits per heavy atom. The largest absolute Gasteiger partial charge is 0.356 e. The van der Waals surface area contributed by atoms with Gasteiger partial charge in [0.15, 0.2) is 0 Å². The summed E-state index contributed by atoms with van der Waals surface area (Å²) in [5, 5.41) is 2.96. The third-order valence-corrected chi connectivity index (χ3v) is 5.97. The molecule has 2 aliphatic heterocycles. The molecular formula is C23H31N5O. The molecular weight excluding hydrogens is 362 g/mol. The number of benzene rings is 1. The van der Waals surface area contributed by atoms with Crippen LogP contribution < -0.4 is 21.1 Å². The first kappa shape index (κ1) is 19.9. The lowest BCUT2D eigenvalue weighted by atomic mass is 9.81. The fourth-order valence-corrected chi connectivity index (χ4v) is 4.58. The molecule has 2 aromatic rings. The molecule has 3 atom stereocenters. The van der Waals surface area contributed by atoms with Crippen molar-refractivity contribution in [2.24, 2.45) is 5.92 Å². The van der Waals surface area contributed by atoms with E-state index in [4.69, 9.17) is 0 Å². The van der Waals surface area contributed by atoms with Crippen LogP contribution in [-0.4, -0.2) is 42.6 Å². The molecule has 1 aromatic heterocycles. The van der Waals surface area contributed by atoms with Gasteiger partial charge in [-0.2, -0.15) is 0 Å². The van der Waals surface area contributed by atoms with Crippen molar-refractivity contribution >= 4 is 11.7 Å². The van der Waals surface area contributed by atoms with E-state index in [0.29, 0.717) is 23.4 Å². The van der Waals surface area contributed by atoms with Gasteiger partial charge in [0.25, 0.3) is 5.91 Å². The summed E-state index contributed by atoms with van der Waals surface area (Å²) in [6.07, 6.45) is 4.08. The third kappa shape index (κ3) is 4.60. The quantitative estimate of drug-likeness (QED) is 0.729. The summed E-state index contributed by atoms with van der Waals surface area (Å²) in [7, 11) is 0. The number of nitrogens with one attached hydrogen (secondary N) is 3. The molecule has 2 saturated heterocycles. The number of amides is 1. The van der Waals surface area contributed by atoms with Gasteiger partial charge in [-0.05, 0) is 50.3 Å². The van der Waals surface area contributed by atoms with Gasteiger partial charge < -0.3 is 10.2 Å². The van der Waals surface area contributed by atoms with Gasteiger partial charge >= 0.3 is 0 Å². The fourth-order valence-electron chi connectivity index (χ4n) is 4.58. The number of anilines is 1. The SMILES string of the molecule is CC(C)NC(=O)c1ccnc(N2CCCC(C3NNCC3c3ccccc3)C2)c1. The Hall–Kier alpha value is -2.44. The van der Waals surface area contributed by atoms with Crippen LogP contribution >= 0.6 is 0 Å². The highest BCUT2D eigenvalue weighted by molar-refractivity contribution is 5.94. The fraction of sp³-hybridized carbons (Fsp3) is 0.478. The predicted molar refractivity (Wildman–Crippen MR) is 116 cm³/mol. The second kappa shape index (κ2) is 8.93. The van der Waals surface area contributed by atoms with E-state index in [1.807, 2.05) is 19.9 Å². The van der Waals surface area contributed by atoms with E-state index in [1.54, 1.807) is 12.3 Å². The van der Waals surface area contributed by atoms with Crippen molar-refractivity contribution in [2.45, 2.75) is 44.7 Å². The van der Waals surface area contributed by atoms with Crippen LogP contribution in [0.3, 0.4) is 0 Å². The summed E-state index contributed by atoms with van der Waals surface area (Å²) in [4.78, 5) is 19.3. The molecule has 4 rings (SSSR count). The first-order valence-electron chi connectivity index (χ1n) is 10.7. The van der Waals surface area contributed by atoms with Gasteiger partial charge in [-0.1, -0.05) is 30.3 Å². The molecule has 6 nitrogen and oxygen atoms in total. The minimum atomic E-state index is -0.0389. The normalized spacial score (nSPS) is 24.7. The van der Waals surface area contributed by atoms with Gasteiger partial charge in [0, 0.05) is 49.4 Å². The average Bonchev–Trinajstić information content (AvgIpc) is 3.24. The van der Waals surface area contributed by atoms with Crippen LogP contribution in [0.5, 0.6) is 0 Å². The van der Waals surface area contributed by atoms with Crippen molar-refractivity contribution in [1.29, 1.82) is 0 Å². The number of rotatable bonds is 5. The second-order valence-corrected chi connectivity index (χ2v) is 8.45. The smallest absolute Gasteiger partial charge is 0.251 e. The Bertz CT molecular complexity index is 825. The van der Waals surface area contributed by atoms with Gasteiger partial charge in [0.2, 0.25) is 0 Å². The van der Waals surface area contributed by atoms with Crippen LogP contribution in [0.1, 0.15) is 48.5 Å². The molecule has 29 heavy (non-hydrogen) atoms. The van der Waals surface area contributed by atoms with Crippen LogP contribution in [-0.2, 0) is 0 Å². The molecule has 1 aromatic carbocycles. The minimum Gasteiger partial charge on any atom is -0.356 e. The number of carbonyl (C=O) groups is 1. The van der Waals surface area contributed by atoms with Crippen molar-refractivity contribution in [3.63, 3.8) is 0 Å². The molecule has 1 amide bonds. The second-order valence-electron chi connectivity index (χ2n) is 8.45. The Balaban J connectivity index is 1.48. The highest BCUT2D eigenvalue weighted by atomic mass is 16.1. The number of pyridine rings is 1. The van der Waals surface area contributed by atoms with Gasteiger partial charge in [-0.15, -0.1) is 0 Å². The van der Waals surface area contributed by atoms with Crippen molar-refractivity contribution in [1.82, 2.24) is 21.2 Å². The maximum atomic E-state index is 12.4. The maximum Gasteiger partial charge on any atom is 0.251 e. The van der Waals surface area contributed by atoms with Gasteiger partial charge in [0.05, 0.1) is 0 Å². The van der Waals surface area contributed by atoms with Crippen molar-refractivity contribution < 1.29 is 4.79 Å². The highest BCUT2D eigenvalue weighted by Crippen LogP contribution is 2.32. The zero-order chi connectivity index (χ0) is 20.2. The molecule has 0 saturated carbocycles. The molecule has 0 bridgehead atoms. The molecule has 2 fully saturated rings. The Morgan fingerprint density at radius 3 is 2.86 bits per heavy atom. The van der Waals surface area contributed by atoms with Crippen molar-refractivity contribution in [2.75, 3.05) is 24.5 Å². The molecule has 0 radical (unpaired) electrons. The van der Waals surface area contributed by atoms with E-state index in [1.165, 1.54) is 12.0 Å². The van der Waals surface area contributed by atoms with Crippen molar-refractivity contribution in [3.8, 4) is 0 Å². The average molecular weight is 394 g/mol. The standard InChI is InChI=1S/C23H31N5O/c1-16(2)26-23(29)18-10-11-24-21(13-18)28-12-6-9-19(15-28)22-20(14-25-27-22)17-7-4-3-5-8-17/h3-5,7-8,10-11,13,16,19-20,22,25,27H,6,9,12,14-15H2,1-2H3,(H,26,29). The lowest BCUT2D eigenvalue weighted by molar-refractivity contribution is 0.0943. The zero-order valence-electron chi connectivity index (χ0n) is 17.3. The topological polar surface area (TPSA) is 69.3 Å². The summed E-state index contributed by atoms with van der Waals surface area (Å²) >= 11 is 0. The predicted octanol–water partition coefficient (Wildman–Crippen LogP) is 2.70. The number of nitrogens with zero attached hydrogens (tertiary/aromatic N) is 2. The maximum absolute atomic E-state index is 12.4. The minimum absolute atomic E-state index is 0.0389. The number of carbonyl (C=O) groups excluding carboxylic acids is 1. The van der Waals surface area contributed by atoms with E-state index in [9.17, 15) is 4.79 Å². The third-order valence-electron chi connectivity index (χ3n) is 5.97.